The number of nitrogens with zero attached hydrogens (tertiary/aromatic N) is 3. The topological polar surface area (TPSA) is 97.4 Å². The molecule has 8 heteroatoms. The largest absolute Gasteiger partial charge is 0.416 e. The number of thioether (sulfide) groups is 1. The van der Waals surface area contributed by atoms with Crippen molar-refractivity contribution in [2.24, 2.45) is 17.1 Å². The third-order valence-electron chi connectivity index (χ3n) is 5.04. The molecule has 4 nitrogen and oxygen atoms in total. The molecule has 2 N–H and O–H groups in total. The Hall–Kier alpha value is -2.89. The van der Waals surface area contributed by atoms with Crippen LogP contribution >= 0.6 is 11.8 Å². The van der Waals surface area contributed by atoms with E-state index in [0.717, 1.165) is 6.07 Å². The van der Waals surface area contributed by atoms with Crippen molar-refractivity contribution in [2.45, 2.75) is 12.1 Å². The monoisotopic (exact) mass is 386 g/mol. The molecule has 1 heterocycles. The van der Waals surface area contributed by atoms with Crippen LogP contribution in [0, 0.1) is 45.3 Å². The van der Waals surface area contributed by atoms with Gasteiger partial charge in [0, 0.05) is 23.3 Å². The molecule has 0 bridgehead atoms. The van der Waals surface area contributed by atoms with Gasteiger partial charge in [0.2, 0.25) is 0 Å². The number of rotatable bonds is 1. The van der Waals surface area contributed by atoms with Gasteiger partial charge < -0.3 is 5.73 Å². The van der Waals surface area contributed by atoms with E-state index >= 15 is 0 Å². The van der Waals surface area contributed by atoms with Gasteiger partial charge in [-0.2, -0.15) is 40.7 Å². The van der Waals surface area contributed by atoms with Gasteiger partial charge in [0.25, 0.3) is 0 Å². The van der Waals surface area contributed by atoms with Crippen molar-refractivity contribution in [1.82, 2.24) is 0 Å². The van der Waals surface area contributed by atoms with Crippen LogP contribution in [0.1, 0.15) is 17.0 Å². The van der Waals surface area contributed by atoms with Crippen molar-refractivity contribution in [3.8, 4) is 18.2 Å². The van der Waals surface area contributed by atoms with Crippen LogP contribution in [0.25, 0.3) is 0 Å². The number of fused-ring (bicyclic) bond motifs is 1. The van der Waals surface area contributed by atoms with Gasteiger partial charge >= 0.3 is 6.18 Å². The summed E-state index contributed by atoms with van der Waals surface area (Å²) < 4.78 is 40.9. The molecule has 2 atom stereocenters. The number of nitriles is 3. The van der Waals surface area contributed by atoms with E-state index in [1.165, 1.54) is 30.0 Å². The first kappa shape index (κ1) is 18.9. The van der Waals surface area contributed by atoms with Crippen LogP contribution in [-0.4, -0.2) is 11.5 Å². The zero-order valence-corrected chi connectivity index (χ0v) is 14.7. The van der Waals surface area contributed by atoms with E-state index in [1.807, 2.05) is 18.2 Å². The van der Waals surface area contributed by atoms with Crippen LogP contribution in [0.5, 0.6) is 0 Å². The van der Waals surface area contributed by atoms with E-state index in [9.17, 15) is 29.0 Å². The first-order valence-electron chi connectivity index (χ1n) is 7.99. The summed E-state index contributed by atoms with van der Waals surface area (Å²) in [4.78, 5) is 0. The summed E-state index contributed by atoms with van der Waals surface area (Å²) in [6.45, 7) is 0. The Morgan fingerprint density at radius 1 is 1.15 bits per heavy atom. The normalized spacial score (nSPS) is 24.1. The summed E-state index contributed by atoms with van der Waals surface area (Å²) >= 11 is 1.48. The lowest BCUT2D eigenvalue weighted by molar-refractivity contribution is -0.138. The number of hydrogen-bond donors (Lipinski definition) is 1. The predicted octanol–water partition coefficient (Wildman–Crippen LogP) is 3.86. The molecular weight excluding hydrogens is 373 g/mol. The molecule has 27 heavy (non-hydrogen) atoms. The van der Waals surface area contributed by atoms with Gasteiger partial charge in [-0.25, -0.2) is 0 Å². The molecule has 1 aromatic carbocycles. The minimum Gasteiger partial charge on any atom is -0.399 e. The van der Waals surface area contributed by atoms with Crippen LogP contribution in [0.4, 0.5) is 13.2 Å². The van der Waals surface area contributed by atoms with E-state index in [0.29, 0.717) is 17.1 Å². The highest BCUT2D eigenvalue weighted by atomic mass is 32.2. The minimum absolute atomic E-state index is 0.0316. The van der Waals surface area contributed by atoms with Crippen LogP contribution in [-0.2, 0) is 6.18 Å². The Morgan fingerprint density at radius 3 is 2.41 bits per heavy atom. The summed E-state index contributed by atoms with van der Waals surface area (Å²) in [5.74, 6) is -0.731. The van der Waals surface area contributed by atoms with Gasteiger partial charge in [0.1, 0.15) is 6.07 Å². The molecule has 0 fully saturated rings. The van der Waals surface area contributed by atoms with Crippen molar-refractivity contribution in [1.29, 1.82) is 15.8 Å². The molecule has 0 radical (unpaired) electrons. The molecule has 0 saturated carbocycles. The first-order valence-corrected chi connectivity index (χ1v) is 9.14. The zero-order chi connectivity index (χ0) is 19.8. The second kappa shape index (κ2) is 6.68. The summed E-state index contributed by atoms with van der Waals surface area (Å²) in [5.41, 5.74) is 3.26. The average molecular weight is 386 g/mol. The van der Waals surface area contributed by atoms with E-state index < -0.39 is 29.0 Å². The number of halogens is 3. The maximum atomic E-state index is 13.6. The highest BCUT2D eigenvalue weighted by molar-refractivity contribution is 7.99. The average Bonchev–Trinajstić information content (AvgIpc) is 2.66. The van der Waals surface area contributed by atoms with Gasteiger partial charge in [-0.15, -0.1) is 0 Å². The molecule has 2 aliphatic rings. The first-order chi connectivity index (χ1) is 12.8. The van der Waals surface area contributed by atoms with Crippen LogP contribution in [0.2, 0.25) is 0 Å². The van der Waals surface area contributed by atoms with Crippen molar-refractivity contribution >= 4 is 11.8 Å². The molecular formula is C19H13F3N4S. The fourth-order valence-corrected chi connectivity index (χ4v) is 4.92. The summed E-state index contributed by atoms with van der Waals surface area (Å²) in [6.07, 6.45) is -2.89. The molecule has 136 valence electrons. The van der Waals surface area contributed by atoms with E-state index in [1.54, 1.807) is 6.08 Å². The Balaban J connectivity index is 2.39. The molecule has 0 unspecified atom stereocenters. The molecule has 1 aliphatic heterocycles. The summed E-state index contributed by atoms with van der Waals surface area (Å²) in [7, 11) is 0. The van der Waals surface area contributed by atoms with E-state index in [-0.39, 0.29) is 16.8 Å². The molecule has 3 rings (SSSR count). The maximum absolute atomic E-state index is 13.6. The lowest BCUT2D eigenvalue weighted by atomic mass is 9.58. The SMILES string of the molecule is N#CC1=C(N)C(C#N)(C#N)[C@@H](c2ccccc2C(F)(F)F)[C@@H]2CSCC=C12. The highest BCUT2D eigenvalue weighted by Crippen LogP contribution is 2.56. The van der Waals surface area contributed by atoms with Gasteiger partial charge in [-0.1, -0.05) is 24.3 Å². The van der Waals surface area contributed by atoms with Crippen molar-refractivity contribution in [3.63, 3.8) is 0 Å². The van der Waals surface area contributed by atoms with E-state index in [4.69, 9.17) is 5.73 Å². The van der Waals surface area contributed by atoms with Gasteiger partial charge in [0.05, 0.1) is 29.0 Å². The zero-order valence-electron chi connectivity index (χ0n) is 13.9. The van der Waals surface area contributed by atoms with Gasteiger partial charge in [0.15, 0.2) is 5.41 Å². The molecule has 0 aromatic heterocycles. The van der Waals surface area contributed by atoms with Crippen LogP contribution in [0.3, 0.4) is 0 Å². The van der Waals surface area contributed by atoms with E-state index in [2.05, 4.69) is 0 Å². The van der Waals surface area contributed by atoms with Crippen molar-refractivity contribution in [3.05, 3.63) is 58.3 Å². The second-order valence-corrected chi connectivity index (χ2v) is 7.37. The molecule has 0 amide bonds. The smallest absolute Gasteiger partial charge is 0.399 e. The number of benzene rings is 1. The fourth-order valence-electron chi connectivity index (χ4n) is 3.86. The summed E-state index contributed by atoms with van der Waals surface area (Å²) in [5, 5.41) is 29.2. The van der Waals surface area contributed by atoms with Crippen LogP contribution < -0.4 is 5.73 Å². The predicted molar refractivity (Wildman–Crippen MR) is 93.6 cm³/mol. The minimum atomic E-state index is -4.65. The van der Waals surface area contributed by atoms with Gasteiger partial charge in [-0.05, 0) is 17.2 Å². The number of alkyl halides is 3. The third-order valence-corrected chi connectivity index (χ3v) is 6.03. The second-order valence-electron chi connectivity index (χ2n) is 6.30. The molecule has 0 spiro atoms. The Morgan fingerprint density at radius 2 is 1.81 bits per heavy atom. The lowest BCUT2D eigenvalue weighted by Crippen LogP contribution is -2.44. The van der Waals surface area contributed by atoms with Crippen LogP contribution in [0.15, 0.2) is 47.2 Å². The number of allylic oxidation sites excluding steroid dienone is 3. The maximum Gasteiger partial charge on any atom is 0.416 e. The van der Waals surface area contributed by atoms with Crippen molar-refractivity contribution in [2.75, 3.05) is 11.5 Å². The molecule has 1 aromatic rings. The Kier molecular flexibility index (Phi) is 4.68. The standard InChI is InChI=1S/C19H13F3N4S/c20-19(21,22)15-4-2-1-3-12(15)16-14-8-27-6-5-11(14)13(7-23)17(26)18(16,9-24)10-25/h1-5,14,16H,6,8,26H2/t14-,16+/m1/s1. The highest BCUT2D eigenvalue weighted by Gasteiger charge is 2.55. The summed E-state index contributed by atoms with van der Waals surface area (Å²) in [6, 6.07) is 10.6. The molecule has 0 saturated heterocycles. The number of nitrogens with two attached hydrogens (primary N) is 1. The third kappa shape index (κ3) is 2.76. The van der Waals surface area contributed by atoms with Gasteiger partial charge in [-0.3, -0.25) is 0 Å². The fraction of sp³-hybridized carbons (Fsp3) is 0.316. The Labute approximate surface area is 158 Å². The molecule has 1 aliphatic carbocycles. The van der Waals surface area contributed by atoms with Crippen molar-refractivity contribution < 1.29 is 13.2 Å². The quantitative estimate of drug-likeness (QED) is 0.790. The number of hydrogen-bond acceptors (Lipinski definition) is 5. The lowest BCUT2D eigenvalue weighted by Gasteiger charge is -2.43. The Bertz CT molecular complexity index is 958.